The first-order chi connectivity index (χ1) is 9.07. The molecule has 6 nitrogen and oxygen atoms in total. The number of hydrogen-bond donors (Lipinski definition) is 0. The Morgan fingerprint density at radius 2 is 1.63 bits per heavy atom. The number of nitriles is 2. The molecule has 0 aromatic carbocycles. The van der Waals surface area contributed by atoms with Gasteiger partial charge in [0.25, 0.3) is 6.10 Å². The van der Waals surface area contributed by atoms with Crippen molar-refractivity contribution in [1.82, 2.24) is 0 Å². The van der Waals surface area contributed by atoms with E-state index in [0.717, 1.165) is 12.8 Å². The van der Waals surface area contributed by atoms with Crippen molar-refractivity contribution in [2.24, 2.45) is 11.8 Å². The summed E-state index contributed by atoms with van der Waals surface area (Å²) in [5.74, 6) is -0.842. The molecule has 0 amide bonds. The third kappa shape index (κ3) is 3.96. The van der Waals surface area contributed by atoms with Gasteiger partial charge in [0.15, 0.2) is 0 Å². The van der Waals surface area contributed by atoms with E-state index in [2.05, 4.69) is 4.74 Å². The zero-order valence-electron chi connectivity index (χ0n) is 11.0. The minimum absolute atomic E-state index is 0.113. The summed E-state index contributed by atoms with van der Waals surface area (Å²) in [7, 11) is 0. The van der Waals surface area contributed by atoms with Gasteiger partial charge in [0.05, 0.1) is 0 Å². The molecule has 0 heterocycles. The highest BCUT2D eigenvalue weighted by Crippen LogP contribution is 2.46. The predicted octanol–water partition coefficient (Wildman–Crippen LogP) is 1.31. The van der Waals surface area contributed by atoms with Crippen molar-refractivity contribution < 1.29 is 19.1 Å². The zero-order chi connectivity index (χ0) is 14.4. The van der Waals surface area contributed by atoms with Crippen LogP contribution in [0, 0.1) is 34.5 Å². The average molecular weight is 264 g/mol. The number of rotatable bonds is 6. The molecule has 0 N–H and O–H groups in total. The Morgan fingerprint density at radius 1 is 1.11 bits per heavy atom. The van der Waals surface area contributed by atoms with Crippen molar-refractivity contribution in [3.63, 3.8) is 0 Å². The fourth-order valence-electron chi connectivity index (χ4n) is 2.22. The summed E-state index contributed by atoms with van der Waals surface area (Å²) in [6, 6.07) is 2.97. The summed E-state index contributed by atoms with van der Waals surface area (Å²) >= 11 is 0. The van der Waals surface area contributed by atoms with Gasteiger partial charge in [-0.25, -0.2) is 0 Å². The van der Waals surface area contributed by atoms with Crippen molar-refractivity contribution in [3.8, 4) is 12.1 Å². The first-order valence-electron chi connectivity index (χ1n) is 6.25. The van der Waals surface area contributed by atoms with Gasteiger partial charge < -0.3 is 9.47 Å². The third-order valence-electron chi connectivity index (χ3n) is 3.24. The fraction of sp³-hybridized carbons (Fsp3) is 0.692. The Labute approximate surface area is 111 Å². The molecule has 1 fully saturated rings. The van der Waals surface area contributed by atoms with Gasteiger partial charge in [-0.05, 0) is 12.8 Å². The molecule has 1 saturated carbocycles. The Morgan fingerprint density at radius 3 is 2.05 bits per heavy atom. The monoisotopic (exact) mass is 264 g/mol. The van der Waals surface area contributed by atoms with Gasteiger partial charge in [-0.3, -0.25) is 9.59 Å². The lowest BCUT2D eigenvalue weighted by Crippen LogP contribution is -2.20. The van der Waals surface area contributed by atoms with Gasteiger partial charge in [-0.15, -0.1) is 0 Å². The van der Waals surface area contributed by atoms with E-state index in [-0.39, 0.29) is 6.10 Å². The third-order valence-corrected chi connectivity index (χ3v) is 3.24. The molecule has 0 saturated heterocycles. The van der Waals surface area contributed by atoms with Crippen LogP contribution in [0.15, 0.2) is 0 Å². The van der Waals surface area contributed by atoms with Crippen molar-refractivity contribution in [2.45, 2.75) is 45.3 Å². The SMILES string of the molecule is CCC1C(CC)C1OC(=O)CC(=O)OC(C#N)C#N. The van der Waals surface area contributed by atoms with Gasteiger partial charge in [0.2, 0.25) is 0 Å². The maximum atomic E-state index is 11.5. The molecule has 6 heteroatoms. The van der Waals surface area contributed by atoms with Crippen LogP contribution >= 0.6 is 0 Å². The van der Waals surface area contributed by atoms with E-state index in [9.17, 15) is 9.59 Å². The first-order valence-corrected chi connectivity index (χ1v) is 6.25. The molecule has 19 heavy (non-hydrogen) atoms. The number of carbonyl (C=O) groups excluding carboxylic acids is 2. The number of ether oxygens (including phenoxy) is 2. The number of hydrogen-bond acceptors (Lipinski definition) is 6. The summed E-state index contributed by atoms with van der Waals surface area (Å²) < 4.78 is 9.65. The van der Waals surface area contributed by atoms with Crippen LogP contribution in [-0.4, -0.2) is 24.1 Å². The van der Waals surface area contributed by atoms with Crippen molar-refractivity contribution >= 4 is 11.9 Å². The van der Waals surface area contributed by atoms with Crippen LogP contribution in [0.2, 0.25) is 0 Å². The van der Waals surface area contributed by atoms with E-state index in [1.165, 1.54) is 12.1 Å². The molecule has 1 rings (SSSR count). The molecule has 0 aromatic heterocycles. The van der Waals surface area contributed by atoms with Gasteiger partial charge in [0.1, 0.15) is 24.7 Å². The largest absolute Gasteiger partial charge is 0.461 e. The summed E-state index contributed by atoms with van der Waals surface area (Å²) in [6.07, 6.45) is -0.285. The van der Waals surface area contributed by atoms with Crippen LogP contribution < -0.4 is 0 Å². The van der Waals surface area contributed by atoms with E-state index < -0.39 is 24.5 Å². The first kappa shape index (κ1) is 15.0. The molecule has 1 aliphatic carbocycles. The van der Waals surface area contributed by atoms with Gasteiger partial charge in [-0.1, -0.05) is 13.8 Å². The van der Waals surface area contributed by atoms with E-state index in [1.807, 2.05) is 13.8 Å². The molecule has 2 unspecified atom stereocenters. The van der Waals surface area contributed by atoms with E-state index in [0.29, 0.717) is 11.8 Å². The Bertz CT molecular complexity index is 411. The minimum Gasteiger partial charge on any atom is -0.461 e. The van der Waals surface area contributed by atoms with Gasteiger partial charge >= 0.3 is 11.9 Å². The van der Waals surface area contributed by atoms with Crippen LogP contribution in [0.5, 0.6) is 0 Å². The van der Waals surface area contributed by atoms with Crippen molar-refractivity contribution in [1.29, 1.82) is 10.5 Å². The van der Waals surface area contributed by atoms with Crippen LogP contribution in [-0.2, 0) is 19.1 Å². The standard InChI is InChI=1S/C13H16N2O4/c1-3-9-10(4-2)13(9)19-12(17)5-11(16)18-8(6-14)7-15/h8-10,13H,3-5H2,1-2H3. The summed E-state index contributed by atoms with van der Waals surface area (Å²) in [6.45, 7) is 4.06. The highest BCUT2D eigenvalue weighted by atomic mass is 16.6. The second-order valence-corrected chi connectivity index (χ2v) is 4.40. The Hall–Kier alpha value is -2.08. The lowest BCUT2D eigenvalue weighted by atomic mass is 10.2. The molecular formula is C13H16N2O4. The minimum atomic E-state index is -1.48. The highest BCUT2D eigenvalue weighted by molar-refractivity contribution is 5.91. The van der Waals surface area contributed by atoms with Crippen LogP contribution in [0.1, 0.15) is 33.1 Å². The number of esters is 2. The van der Waals surface area contributed by atoms with E-state index >= 15 is 0 Å². The van der Waals surface area contributed by atoms with Gasteiger partial charge in [-0.2, -0.15) is 10.5 Å². The van der Waals surface area contributed by atoms with Crippen LogP contribution in [0.4, 0.5) is 0 Å². The maximum Gasteiger partial charge on any atom is 0.319 e. The Kier molecular flexibility index (Phi) is 5.32. The van der Waals surface area contributed by atoms with Crippen LogP contribution in [0.25, 0.3) is 0 Å². The molecule has 102 valence electrons. The normalized spacial score (nSPS) is 24.2. The Balaban J connectivity index is 2.35. The molecule has 0 spiro atoms. The molecule has 0 bridgehead atoms. The second-order valence-electron chi connectivity index (χ2n) is 4.40. The van der Waals surface area contributed by atoms with Crippen molar-refractivity contribution in [2.75, 3.05) is 0 Å². The van der Waals surface area contributed by atoms with Crippen LogP contribution in [0.3, 0.4) is 0 Å². The molecule has 2 atom stereocenters. The van der Waals surface area contributed by atoms with Crippen molar-refractivity contribution in [3.05, 3.63) is 0 Å². The summed E-state index contributed by atoms with van der Waals surface area (Å²) in [4.78, 5) is 22.8. The molecule has 0 aliphatic heterocycles. The molecule has 1 aliphatic rings. The fourth-order valence-corrected chi connectivity index (χ4v) is 2.22. The summed E-state index contributed by atoms with van der Waals surface area (Å²) in [5, 5.41) is 16.9. The quantitative estimate of drug-likeness (QED) is 0.529. The number of nitrogens with zero attached hydrogens (tertiary/aromatic N) is 2. The zero-order valence-corrected chi connectivity index (χ0v) is 11.0. The van der Waals surface area contributed by atoms with E-state index in [1.54, 1.807) is 0 Å². The summed E-state index contributed by atoms with van der Waals surface area (Å²) in [5.41, 5.74) is 0. The van der Waals surface area contributed by atoms with E-state index in [4.69, 9.17) is 15.3 Å². The van der Waals surface area contributed by atoms with Gasteiger partial charge in [0, 0.05) is 11.8 Å². The topological polar surface area (TPSA) is 100 Å². The lowest BCUT2D eigenvalue weighted by Gasteiger charge is -2.05. The second kappa shape index (κ2) is 6.75. The molecular weight excluding hydrogens is 248 g/mol. The number of carbonyl (C=O) groups is 2. The molecule has 0 aromatic rings. The predicted molar refractivity (Wildman–Crippen MR) is 63.2 cm³/mol. The maximum absolute atomic E-state index is 11.5. The smallest absolute Gasteiger partial charge is 0.319 e. The lowest BCUT2D eigenvalue weighted by molar-refractivity contribution is -0.156. The average Bonchev–Trinajstić information content (AvgIpc) is 3.07. The molecule has 0 radical (unpaired) electrons. The highest BCUT2D eigenvalue weighted by Gasteiger charge is 2.50.